The van der Waals surface area contributed by atoms with Crippen LogP contribution in [0.4, 0.5) is 0 Å². The maximum absolute atomic E-state index is 13.0. The largest absolute Gasteiger partial charge is 0.497 e. The molecule has 9 heteroatoms. The third-order valence-electron chi connectivity index (χ3n) is 5.31. The van der Waals surface area contributed by atoms with E-state index < -0.39 is 25.1 Å². The lowest BCUT2D eigenvalue weighted by atomic mass is 10.2. The fraction of sp³-hybridized carbons (Fsp3) is 0.429. The summed E-state index contributed by atoms with van der Waals surface area (Å²) < 4.78 is 63.8. The molecular weight excluding hydrogens is 426 g/mol. The Morgan fingerprint density at radius 2 is 1.57 bits per heavy atom. The number of methoxy groups -OCH3 is 1. The quantitative estimate of drug-likeness (QED) is 0.640. The Bertz CT molecular complexity index is 1090. The second kappa shape index (κ2) is 8.95. The monoisotopic (exact) mass is 453 g/mol. The number of piperidine rings is 1. The van der Waals surface area contributed by atoms with Crippen LogP contribution in [0, 0.1) is 6.92 Å². The molecule has 0 atom stereocenters. The summed E-state index contributed by atoms with van der Waals surface area (Å²) in [6.07, 6.45) is 0.507. The van der Waals surface area contributed by atoms with Crippen LogP contribution < -0.4 is 9.47 Å². The summed E-state index contributed by atoms with van der Waals surface area (Å²) in [7, 11) is -5.71. The molecule has 3 rings (SSSR count). The number of hydrogen-bond acceptors (Lipinski definition) is 6. The summed E-state index contributed by atoms with van der Waals surface area (Å²) in [6.45, 7) is 4.50. The Morgan fingerprint density at radius 1 is 0.967 bits per heavy atom. The smallest absolute Gasteiger partial charge is 0.243 e. The molecule has 1 saturated heterocycles. The van der Waals surface area contributed by atoms with E-state index in [1.165, 1.54) is 29.6 Å². The van der Waals surface area contributed by atoms with E-state index in [1.54, 1.807) is 31.2 Å². The van der Waals surface area contributed by atoms with E-state index in [2.05, 4.69) is 0 Å². The fourth-order valence-electron chi connectivity index (χ4n) is 3.59. The third-order valence-corrected chi connectivity index (χ3v) is 9.48. The Kier molecular flexibility index (Phi) is 6.74. The molecule has 0 unspecified atom stereocenters. The van der Waals surface area contributed by atoms with Crippen molar-refractivity contribution < 1.29 is 26.3 Å². The molecular formula is C21H27NO6S2. The van der Waals surface area contributed by atoms with Crippen molar-refractivity contribution in [2.75, 3.05) is 26.8 Å². The summed E-state index contributed by atoms with van der Waals surface area (Å²) in [5.74, 6) is 1.24. The van der Waals surface area contributed by atoms with Gasteiger partial charge in [-0.1, -0.05) is 0 Å². The number of rotatable bonds is 7. The van der Waals surface area contributed by atoms with E-state index >= 15 is 0 Å². The minimum atomic E-state index is -3.69. The predicted molar refractivity (Wildman–Crippen MR) is 114 cm³/mol. The maximum atomic E-state index is 13.0. The number of sulfonamides is 1. The molecule has 2 aromatic rings. The molecule has 1 fully saturated rings. The van der Waals surface area contributed by atoms with E-state index in [4.69, 9.17) is 9.47 Å². The number of sulfone groups is 1. The van der Waals surface area contributed by atoms with E-state index in [-0.39, 0.29) is 35.7 Å². The van der Waals surface area contributed by atoms with Crippen molar-refractivity contribution in [1.29, 1.82) is 0 Å². The highest BCUT2D eigenvalue weighted by Gasteiger charge is 2.35. The van der Waals surface area contributed by atoms with Crippen LogP contribution in [0.1, 0.15) is 25.3 Å². The second-order valence-corrected chi connectivity index (χ2v) is 11.4. The SMILES string of the molecule is CCOc1ccc(S(=O)(=O)N2CCC(S(=O)(=O)c3ccc(OC)cc3)CC2)cc1C. The molecule has 0 spiro atoms. The van der Waals surface area contributed by atoms with Crippen LogP contribution in [-0.4, -0.2) is 53.2 Å². The van der Waals surface area contributed by atoms with Gasteiger partial charge in [0.1, 0.15) is 11.5 Å². The van der Waals surface area contributed by atoms with E-state index in [1.807, 2.05) is 6.92 Å². The molecule has 1 heterocycles. The van der Waals surface area contributed by atoms with Gasteiger partial charge in [-0.15, -0.1) is 0 Å². The first-order valence-electron chi connectivity index (χ1n) is 9.81. The van der Waals surface area contributed by atoms with Gasteiger partial charge in [0.05, 0.1) is 28.8 Å². The molecule has 2 aromatic carbocycles. The fourth-order valence-corrected chi connectivity index (χ4v) is 6.88. The minimum Gasteiger partial charge on any atom is -0.497 e. The average molecular weight is 454 g/mol. The molecule has 0 aromatic heterocycles. The van der Waals surface area contributed by atoms with Crippen molar-refractivity contribution >= 4 is 19.9 Å². The summed E-state index contributed by atoms with van der Waals surface area (Å²) >= 11 is 0. The van der Waals surface area contributed by atoms with Crippen LogP contribution in [0.5, 0.6) is 11.5 Å². The van der Waals surface area contributed by atoms with Gasteiger partial charge in [0.25, 0.3) is 0 Å². The van der Waals surface area contributed by atoms with E-state index in [9.17, 15) is 16.8 Å². The number of aryl methyl sites for hydroxylation is 1. The second-order valence-electron chi connectivity index (χ2n) is 7.18. The summed E-state index contributed by atoms with van der Waals surface area (Å²) in [5.41, 5.74) is 0.745. The van der Waals surface area contributed by atoms with Gasteiger partial charge < -0.3 is 9.47 Å². The van der Waals surface area contributed by atoms with Gasteiger partial charge in [-0.05, 0) is 74.7 Å². The lowest BCUT2D eigenvalue weighted by molar-refractivity contribution is 0.337. The van der Waals surface area contributed by atoms with E-state index in [0.717, 1.165) is 5.56 Å². The highest BCUT2D eigenvalue weighted by atomic mass is 32.2. The van der Waals surface area contributed by atoms with Crippen LogP contribution in [0.15, 0.2) is 52.3 Å². The van der Waals surface area contributed by atoms with Crippen LogP contribution in [0.3, 0.4) is 0 Å². The Balaban J connectivity index is 1.73. The standard InChI is InChI=1S/C21H27NO6S2/c1-4-28-21-10-9-20(15-16(21)2)30(25,26)22-13-11-19(12-14-22)29(23,24)18-7-5-17(27-3)6-8-18/h5-10,15,19H,4,11-14H2,1-3H3. The zero-order valence-corrected chi connectivity index (χ0v) is 19.0. The summed E-state index contributed by atoms with van der Waals surface area (Å²) in [5, 5.41) is -0.612. The van der Waals surface area contributed by atoms with Gasteiger partial charge in [-0.3, -0.25) is 0 Å². The number of nitrogens with zero attached hydrogens (tertiary/aromatic N) is 1. The topological polar surface area (TPSA) is 90.0 Å². The average Bonchev–Trinajstić information content (AvgIpc) is 2.75. The third kappa shape index (κ3) is 4.48. The predicted octanol–water partition coefficient (Wildman–Crippen LogP) is 3.03. The van der Waals surface area contributed by atoms with Crippen molar-refractivity contribution in [3.05, 3.63) is 48.0 Å². The molecule has 0 aliphatic carbocycles. The minimum absolute atomic E-state index is 0.161. The Labute approximate surface area is 178 Å². The van der Waals surface area contributed by atoms with Crippen LogP contribution in [0.2, 0.25) is 0 Å². The van der Waals surface area contributed by atoms with Crippen molar-refractivity contribution in [2.45, 2.75) is 41.7 Å². The van der Waals surface area contributed by atoms with Gasteiger partial charge >= 0.3 is 0 Å². The first-order valence-corrected chi connectivity index (χ1v) is 12.8. The van der Waals surface area contributed by atoms with Crippen molar-refractivity contribution in [1.82, 2.24) is 4.31 Å². The molecule has 1 aliphatic heterocycles. The number of benzene rings is 2. The number of hydrogen-bond donors (Lipinski definition) is 0. The molecule has 30 heavy (non-hydrogen) atoms. The van der Waals surface area contributed by atoms with Crippen molar-refractivity contribution in [2.24, 2.45) is 0 Å². The highest BCUT2D eigenvalue weighted by molar-refractivity contribution is 7.92. The highest BCUT2D eigenvalue weighted by Crippen LogP contribution is 2.30. The first kappa shape index (κ1) is 22.6. The maximum Gasteiger partial charge on any atom is 0.243 e. The molecule has 7 nitrogen and oxygen atoms in total. The summed E-state index contributed by atoms with van der Waals surface area (Å²) in [4.78, 5) is 0.423. The Morgan fingerprint density at radius 3 is 2.10 bits per heavy atom. The van der Waals surface area contributed by atoms with E-state index in [0.29, 0.717) is 18.1 Å². The normalized spacial score (nSPS) is 16.4. The zero-order chi connectivity index (χ0) is 21.9. The van der Waals surface area contributed by atoms with Crippen LogP contribution >= 0.6 is 0 Å². The molecule has 0 saturated carbocycles. The van der Waals surface area contributed by atoms with Crippen molar-refractivity contribution in [3.8, 4) is 11.5 Å². The van der Waals surface area contributed by atoms with Crippen LogP contribution in [0.25, 0.3) is 0 Å². The Hall–Kier alpha value is -2.10. The molecule has 164 valence electrons. The lowest BCUT2D eigenvalue weighted by Gasteiger charge is -2.31. The van der Waals surface area contributed by atoms with Gasteiger partial charge in [0.15, 0.2) is 9.84 Å². The lowest BCUT2D eigenvalue weighted by Crippen LogP contribution is -2.42. The zero-order valence-electron chi connectivity index (χ0n) is 17.4. The van der Waals surface area contributed by atoms with Gasteiger partial charge in [0.2, 0.25) is 10.0 Å². The molecule has 0 radical (unpaired) electrons. The van der Waals surface area contributed by atoms with Crippen LogP contribution in [-0.2, 0) is 19.9 Å². The molecule has 0 amide bonds. The molecule has 0 N–H and O–H groups in total. The van der Waals surface area contributed by atoms with Crippen molar-refractivity contribution in [3.63, 3.8) is 0 Å². The first-order chi connectivity index (χ1) is 14.2. The van der Waals surface area contributed by atoms with Gasteiger partial charge in [-0.2, -0.15) is 4.31 Å². The van der Waals surface area contributed by atoms with Gasteiger partial charge in [0, 0.05) is 13.1 Å². The molecule has 1 aliphatic rings. The number of ether oxygens (including phenoxy) is 2. The van der Waals surface area contributed by atoms with Gasteiger partial charge in [-0.25, -0.2) is 16.8 Å². The molecule has 0 bridgehead atoms. The summed E-state index contributed by atoms with van der Waals surface area (Å²) in [6, 6.07) is 11.1.